The fourth-order valence-electron chi connectivity index (χ4n) is 1.72. The van der Waals surface area contributed by atoms with Crippen LogP contribution in [0.25, 0.3) is 0 Å². The molecule has 1 rings (SSSR count). The molecule has 0 saturated carbocycles. The second kappa shape index (κ2) is 6.14. The van der Waals surface area contributed by atoms with Crippen molar-refractivity contribution in [2.75, 3.05) is 47.4 Å². The topological polar surface area (TPSA) is 33.8 Å². The predicted molar refractivity (Wildman–Crippen MR) is 63.2 cm³/mol. The van der Waals surface area contributed by atoms with Gasteiger partial charge < -0.3 is 15.6 Å². The Morgan fingerprint density at radius 1 is 1.44 bits per heavy atom. The normalized spacial score (nSPS) is 17.7. The number of likely N-dealkylation sites (N-methyl/N-ethyl adjacent to an activating group) is 1. The molecule has 0 spiro atoms. The monoisotopic (exact) mass is 267 g/mol. The number of nitrogens with one attached hydrogen (secondary N) is 2. The van der Waals surface area contributed by atoms with E-state index in [1.807, 2.05) is 30.2 Å². The molecule has 0 atom stereocenters. The van der Waals surface area contributed by atoms with Crippen LogP contribution in [0.4, 0.5) is 13.2 Å². The van der Waals surface area contributed by atoms with Crippen LogP contribution >= 0.6 is 0 Å². The van der Waals surface area contributed by atoms with Crippen molar-refractivity contribution in [2.24, 2.45) is 0 Å². The number of nitrogens with zero attached hydrogens (tertiary/aromatic N) is 3. The minimum Gasteiger partial charge on any atom is -0.368 e. The molecule has 1 aliphatic heterocycles. The van der Waals surface area contributed by atoms with Gasteiger partial charge in [-0.25, -0.2) is 5.01 Å². The third-order valence-electron chi connectivity index (χ3n) is 2.35. The zero-order valence-corrected chi connectivity index (χ0v) is 10.9. The van der Waals surface area contributed by atoms with Crippen molar-refractivity contribution in [3.8, 4) is 0 Å². The lowest BCUT2D eigenvalue weighted by Gasteiger charge is -2.32. The minimum absolute atomic E-state index is 0.325. The Morgan fingerprint density at radius 3 is 2.67 bits per heavy atom. The van der Waals surface area contributed by atoms with Gasteiger partial charge >= 0.3 is 6.18 Å². The average molecular weight is 267 g/mol. The molecule has 0 bridgehead atoms. The van der Waals surface area contributed by atoms with Crippen molar-refractivity contribution in [1.82, 2.24) is 25.6 Å². The molecular formula is C10H20F3N5. The Labute approximate surface area is 105 Å². The van der Waals surface area contributed by atoms with Crippen molar-refractivity contribution in [1.29, 1.82) is 0 Å². The zero-order chi connectivity index (χ0) is 13.8. The van der Waals surface area contributed by atoms with E-state index in [9.17, 15) is 13.2 Å². The Balaban J connectivity index is 2.25. The molecule has 0 saturated heterocycles. The van der Waals surface area contributed by atoms with E-state index >= 15 is 0 Å². The minimum atomic E-state index is -4.14. The van der Waals surface area contributed by atoms with E-state index < -0.39 is 12.7 Å². The average Bonchev–Trinajstić information content (AvgIpc) is 2.12. The molecule has 0 unspecified atom stereocenters. The molecule has 0 aromatic rings. The molecular weight excluding hydrogens is 247 g/mol. The van der Waals surface area contributed by atoms with Crippen LogP contribution in [0.5, 0.6) is 0 Å². The molecule has 1 heterocycles. The lowest BCUT2D eigenvalue weighted by Crippen LogP contribution is -2.48. The van der Waals surface area contributed by atoms with Crippen LogP contribution in [0.1, 0.15) is 0 Å². The quantitative estimate of drug-likeness (QED) is 0.744. The van der Waals surface area contributed by atoms with Crippen LogP contribution in [0.3, 0.4) is 0 Å². The highest BCUT2D eigenvalue weighted by Gasteiger charge is 2.28. The first-order valence-corrected chi connectivity index (χ1v) is 5.65. The van der Waals surface area contributed by atoms with Gasteiger partial charge in [-0.3, -0.25) is 4.90 Å². The number of halogens is 3. The van der Waals surface area contributed by atoms with Crippen LogP contribution in [0.15, 0.2) is 12.0 Å². The summed E-state index contributed by atoms with van der Waals surface area (Å²) in [6.45, 7) is 0.638. The van der Waals surface area contributed by atoms with Crippen molar-refractivity contribution in [3.05, 3.63) is 12.0 Å². The molecule has 1 aliphatic rings. The maximum atomic E-state index is 12.1. The van der Waals surface area contributed by atoms with E-state index in [2.05, 4.69) is 10.7 Å². The van der Waals surface area contributed by atoms with Crippen molar-refractivity contribution < 1.29 is 13.2 Å². The van der Waals surface area contributed by atoms with Crippen LogP contribution in [0.2, 0.25) is 0 Å². The second-order valence-electron chi connectivity index (χ2n) is 4.53. The highest BCUT2D eigenvalue weighted by atomic mass is 19.4. The van der Waals surface area contributed by atoms with E-state index in [-0.39, 0.29) is 0 Å². The summed E-state index contributed by atoms with van der Waals surface area (Å²) in [6.07, 6.45) is -2.26. The van der Waals surface area contributed by atoms with Crippen molar-refractivity contribution >= 4 is 0 Å². The molecule has 0 aromatic carbocycles. The summed E-state index contributed by atoms with van der Waals surface area (Å²) in [6, 6.07) is 0. The van der Waals surface area contributed by atoms with Crippen molar-refractivity contribution in [2.45, 2.75) is 6.18 Å². The van der Waals surface area contributed by atoms with Gasteiger partial charge in [0.1, 0.15) is 5.82 Å². The van der Waals surface area contributed by atoms with Gasteiger partial charge in [0.05, 0.1) is 13.2 Å². The maximum absolute atomic E-state index is 12.1. The SMILES string of the molecule is CN1C=C(NCCN(C)CC(F)(F)F)NN(C)C1. The molecule has 2 N–H and O–H groups in total. The molecule has 0 radical (unpaired) electrons. The molecule has 8 heteroatoms. The third kappa shape index (κ3) is 5.97. The number of rotatable bonds is 5. The Morgan fingerprint density at radius 2 is 2.11 bits per heavy atom. The van der Waals surface area contributed by atoms with E-state index in [1.165, 1.54) is 11.9 Å². The predicted octanol–water partition coefficient (Wildman–Crippen LogP) is 0.208. The second-order valence-corrected chi connectivity index (χ2v) is 4.53. The van der Waals surface area contributed by atoms with E-state index in [0.29, 0.717) is 13.1 Å². The summed E-state index contributed by atoms with van der Waals surface area (Å²) >= 11 is 0. The van der Waals surface area contributed by atoms with E-state index in [4.69, 9.17) is 0 Å². The van der Waals surface area contributed by atoms with Gasteiger partial charge in [0, 0.05) is 33.4 Å². The van der Waals surface area contributed by atoms with Gasteiger partial charge in [-0.15, -0.1) is 0 Å². The third-order valence-corrected chi connectivity index (χ3v) is 2.35. The van der Waals surface area contributed by atoms with Crippen LogP contribution < -0.4 is 10.7 Å². The van der Waals surface area contributed by atoms with E-state index in [0.717, 1.165) is 12.5 Å². The Bertz CT molecular complexity index is 292. The lowest BCUT2D eigenvalue weighted by atomic mass is 10.5. The highest BCUT2D eigenvalue weighted by Crippen LogP contribution is 2.15. The molecule has 106 valence electrons. The Kier molecular flexibility index (Phi) is 5.09. The highest BCUT2D eigenvalue weighted by molar-refractivity contribution is 4.97. The first kappa shape index (κ1) is 14.9. The van der Waals surface area contributed by atoms with E-state index in [1.54, 1.807) is 0 Å². The zero-order valence-electron chi connectivity index (χ0n) is 10.9. The maximum Gasteiger partial charge on any atom is 0.401 e. The summed E-state index contributed by atoms with van der Waals surface area (Å²) in [7, 11) is 5.27. The molecule has 18 heavy (non-hydrogen) atoms. The van der Waals surface area contributed by atoms with Gasteiger partial charge in [-0.1, -0.05) is 0 Å². The lowest BCUT2D eigenvalue weighted by molar-refractivity contribution is -0.142. The molecule has 0 aromatic heterocycles. The first-order valence-electron chi connectivity index (χ1n) is 5.65. The summed E-state index contributed by atoms with van der Waals surface area (Å²) in [4.78, 5) is 3.21. The molecule has 5 nitrogen and oxygen atoms in total. The van der Waals surface area contributed by atoms with Gasteiger partial charge in [0.15, 0.2) is 0 Å². The fourth-order valence-corrected chi connectivity index (χ4v) is 1.72. The van der Waals surface area contributed by atoms with Crippen LogP contribution in [-0.2, 0) is 0 Å². The van der Waals surface area contributed by atoms with Gasteiger partial charge in [0.2, 0.25) is 0 Å². The number of hydrogen-bond acceptors (Lipinski definition) is 5. The van der Waals surface area contributed by atoms with Crippen LogP contribution in [0, 0.1) is 0 Å². The van der Waals surface area contributed by atoms with Gasteiger partial charge in [0.25, 0.3) is 0 Å². The number of hydrogen-bond donors (Lipinski definition) is 2. The summed E-state index contributed by atoms with van der Waals surface area (Å²) in [5, 5.41) is 4.93. The first-order chi connectivity index (χ1) is 8.26. The molecule has 0 fully saturated rings. The fraction of sp³-hybridized carbons (Fsp3) is 0.800. The molecule has 0 aliphatic carbocycles. The molecule has 0 amide bonds. The Hall–Kier alpha value is -1.15. The largest absolute Gasteiger partial charge is 0.401 e. The number of alkyl halides is 3. The summed E-state index contributed by atoms with van der Waals surface area (Å²) in [5.41, 5.74) is 3.07. The number of hydrazine groups is 1. The van der Waals surface area contributed by atoms with Gasteiger partial charge in [-0.05, 0) is 7.05 Å². The van der Waals surface area contributed by atoms with Crippen LogP contribution in [-0.4, -0.2) is 68.4 Å². The summed E-state index contributed by atoms with van der Waals surface area (Å²) in [5.74, 6) is 0.784. The smallest absolute Gasteiger partial charge is 0.368 e. The van der Waals surface area contributed by atoms with Crippen molar-refractivity contribution in [3.63, 3.8) is 0 Å². The standard InChI is InChI=1S/C10H20F3N5/c1-16(7-10(11,12)13)5-4-14-9-6-17(2)8-18(3)15-9/h6,14-15H,4-5,7-8H2,1-3H3. The summed E-state index contributed by atoms with van der Waals surface area (Å²) < 4.78 is 36.3. The van der Waals surface area contributed by atoms with Gasteiger partial charge in [-0.2, -0.15) is 13.2 Å².